The van der Waals surface area contributed by atoms with E-state index in [1.807, 2.05) is 12.1 Å². The minimum atomic E-state index is -3.56. The van der Waals surface area contributed by atoms with Crippen LogP contribution in [0.5, 0.6) is 0 Å². The fourth-order valence-corrected chi connectivity index (χ4v) is 5.85. The molecule has 0 unspecified atom stereocenters. The monoisotopic (exact) mass is 438 g/mol. The average Bonchev–Trinajstić information content (AvgIpc) is 3.14. The fourth-order valence-electron chi connectivity index (χ4n) is 3.85. The first-order chi connectivity index (χ1) is 13.3. The van der Waals surface area contributed by atoms with E-state index >= 15 is 0 Å². The number of hydrogen-bond acceptors (Lipinski definition) is 3. The number of sulfonamides is 1. The van der Waals surface area contributed by atoms with Gasteiger partial charge in [-0.3, -0.25) is 4.79 Å². The van der Waals surface area contributed by atoms with Gasteiger partial charge in [0.15, 0.2) is 0 Å². The summed E-state index contributed by atoms with van der Waals surface area (Å²) in [6, 6.07) is 10.2. The lowest BCUT2D eigenvalue weighted by Gasteiger charge is -2.34. The highest BCUT2D eigenvalue weighted by Gasteiger charge is 2.31. The number of fused-ring (bicyclic) bond motifs is 1. The minimum absolute atomic E-state index is 0.195. The van der Waals surface area contributed by atoms with Gasteiger partial charge < -0.3 is 4.90 Å². The molecule has 2 aliphatic rings. The molecule has 1 aliphatic heterocycles. The molecule has 1 heterocycles. The molecule has 1 amide bonds. The number of piperazine rings is 1. The summed E-state index contributed by atoms with van der Waals surface area (Å²) in [6.45, 7) is 1.18. The number of hydrogen-bond donors (Lipinski definition) is 0. The van der Waals surface area contributed by atoms with Crippen molar-refractivity contribution in [1.82, 2.24) is 9.21 Å². The van der Waals surface area contributed by atoms with Crippen molar-refractivity contribution in [2.24, 2.45) is 0 Å². The van der Waals surface area contributed by atoms with E-state index in [1.54, 1.807) is 29.2 Å². The first kappa shape index (κ1) is 19.7. The van der Waals surface area contributed by atoms with E-state index in [9.17, 15) is 13.2 Å². The molecule has 148 valence electrons. The van der Waals surface area contributed by atoms with Gasteiger partial charge in [-0.1, -0.05) is 29.3 Å². The summed E-state index contributed by atoms with van der Waals surface area (Å²) in [7, 11) is -3.56. The third-order valence-electron chi connectivity index (χ3n) is 5.34. The summed E-state index contributed by atoms with van der Waals surface area (Å²) in [5, 5.41) is 0.794. The minimum Gasteiger partial charge on any atom is -0.336 e. The van der Waals surface area contributed by atoms with E-state index < -0.39 is 10.0 Å². The molecule has 0 N–H and O–H groups in total. The number of halogens is 2. The summed E-state index contributed by atoms with van der Waals surface area (Å²) in [5.41, 5.74) is 2.79. The highest BCUT2D eigenvalue weighted by atomic mass is 35.5. The van der Waals surface area contributed by atoms with Gasteiger partial charge in [0.2, 0.25) is 10.0 Å². The van der Waals surface area contributed by atoms with Crippen molar-refractivity contribution in [3.05, 3.63) is 63.1 Å². The lowest BCUT2D eigenvalue weighted by atomic mass is 10.1. The van der Waals surface area contributed by atoms with Crippen LogP contribution in [0.4, 0.5) is 0 Å². The average molecular weight is 439 g/mol. The number of aryl methyl sites for hydroxylation is 2. The molecular formula is C20H20Cl2N2O3S. The maximum Gasteiger partial charge on any atom is 0.254 e. The third kappa shape index (κ3) is 3.79. The Bertz CT molecular complexity index is 1010. The first-order valence-electron chi connectivity index (χ1n) is 9.22. The quantitative estimate of drug-likeness (QED) is 0.734. The lowest BCUT2D eigenvalue weighted by molar-refractivity contribution is 0.0698. The largest absolute Gasteiger partial charge is 0.336 e. The van der Waals surface area contributed by atoms with Gasteiger partial charge in [-0.25, -0.2) is 8.42 Å². The number of carbonyl (C=O) groups is 1. The zero-order chi connectivity index (χ0) is 19.9. The summed E-state index contributed by atoms with van der Waals surface area (Å²) in [6.07, 6.45) is 3.03. The predicted octanol–water partition coefficient (Wildman–Crippen LogP) is 3.63. The molecule has 0 saturated carbocycles. The maximum atomic E-state index is 13.0. The Morgan fingerprint density at radius 3 is 2.18 bits per heavy atom. The Morgan fingerprint density at radius 1 is 0.857 bits per heavy atom. The zero-order valence-electron chi connectivity index (χ0n) is 15.2. The van der Waals surface area contributed by atoms with Crippen LogP contribution in [0, 0.1) is 0 Å². The first-order valence-corrected chi connectivity index (χ1v) is 11.4. The highest BCUT2D eigenvalue weighted by molar-refractivity contribution is 7.89. The van der Waals surface area contributed by atoms with Gasteiger partial charge >= 0.3 is 0 Å². The molecule has 4 rings (SSSR count). The zero-order valence-corrected chi connectivity index (χ0v) is 17.5. The lowest BCUT2D eigenvalue weighted by Crippen LogP contribution is -2.50. The van der Waals surface area contributed by atoms with E-state index in [1.165, 1.54) is 9.87 Å². The van der Waals surface area contributed by atoms with Gasteiger partial charge in [-0.15, -0.1) is 0 Å². The van der Waals surface area contributed by atoms with Gasteiger partial charge in [-0.2, -0.15) is 4.31 Å². The molecule has 8 heteroatoms. The van der Waals surface area contributed by atoms with E-state index in [4.69, 9.17) is 23.2 Å². The number of rotatable bonds is 3. The van der Waals surface area contributed by atoms with Crippen molar-refractivity contribution in [2.45, 2.75) is 24.2 Å². The number of nitrogens with zero attached hydrogens (tertiary/aromatic N) is 2. The van der Waals surface area contributed by atoms with Gasteiger partial charge in [0, 0.05) is 41.8 Å². The standard InChI is InChI=1S/C20H20Cl2N2O3S/c21-17-10-16(11-18(22)13-17)20(25)23-6-8-24(9-7-23)28(26,27)19-5-4-14-2-1-3-15(14)12-19/h4-5,10-13H,1-3,6-9H2. The van der Waals surface area contributed by atoms with Crippen molar-refractivity contribution < 1.29 is 13.2 Å². The van der Waals surface area contributed by atoms with Crippen LogP contribution in [0.15, 0.2) is 41.3 Å². The summed E-state index contributed by atoms with van der Waals surface area (Å²) in [5.74, 6) is -0.195. The Hall–Kier alpha value is -1.60. The van der Waals surface area contributed by atoms with Crippen LogP contribution in [0.1, 0.15) is 27.9 Å². The molecule has 0 spiro atoms. The van der Waals surface area contributed by atoms with Gasteiger partial charge in [0.05, 0.1) is 4.90 Å². The molecule has 5 nitrogen and oxygen atoms in total. The Balaban J connectivity index is 1.47. The molecular weight excluding hydrogens is 419 g/mol. The molecule has 2 aromatic rings. The van der Waals surface area contributed by atoms with Crippen LogP contribution in [0.25, 0.3) is 0 Å². The number of benzene rings is 2. The van der Waals surface area contributed by atoms with Gasteiger partial charge in [0.1, 0.15) is 0 Å². The summed E-state index contributed by atoms with van der Waals surface area (Å²) in [4.78, 5) is 14.7. The van der Waals surface area contributed by atoms with Crippen molar-refractivity contribution >= 4 is 39.1 Å². The maximum absolute atomic E-state index is 13.0. The Morgan fingerprint density at radius 2 is 1.50 bits per heavy atom. The highest BCUT2D eigenvalue weighted by Crippen LogP contribution is 2.27. The predicted molar refractivity (Wildman–Crippen MR) is 110 cm³/mol. The Labute approximate surface area is 174 Å². The smallest absolute Gasteiger partial charge is 0.254 e. The molecule has 1 aliphatic carbocycles. The molecule has 0 radical (unpaired) electrons. The van der Waals surface area contributed by atoms with E-state index in [2.05, 4.69) is 0 Å². The van der Waals surface area contributed by atoms with Crippen LogP contribution in [0.3, 0.4) is 0 Å². The van der Waals surface area contributed by atoms with Crippen molar-refractivity contribution in [3.8, 4) is 0 Å². The van der Waals surface area contributed by atoms with Gasteiger partial charge in [0.25, 0.3) is 5.91 Å². The summed E-state index contributed by atoms with van der Waals surface area (Å²) >= 11 is 12.0. The van der Waals surface area contributed by atoms with Crippen LogP contribution < -0.4 is 0 Å². The van der Waals surface area contributed by atoms with E-state index in [0.717, 1.165) is 24.8 Å². The Kier molecular flexibility index (Phi) is 5.40. The number of amides is 1. The van der Waals surface area contributed by atoms with E-state index in [0.29, 0.717) is 33.6 Å². The SMILES string of the molecule is O=C(c1cc(Cl)cc(Cl)c1)N1CCN(S(=O)(=O)c2ccc3c(c2)CCC3)CC1. The third-order valence-corrected chi connectivity index (χ3v) is 7.67. The molecule has 1 fully saturated rings. The second-order valence-electron chi connectivity index (χ2n) is 7.14. The normalized spacial score (nSPS) is 17.6. The number of carbonyl (C=O) groups excluding carboxylic acids is 1. The van der Waals surface area contributed by atoms with Crippen LogP contribution >= 0.6 is 23.2 Å². The second-order valence-corrected chi connectivity index (χ2v) is 9.95. The molecule has 0 atom stereocenters. The second kappa shape index (κ2) is 7.67. The van der Waals surface area contributed by atoms with Gasteiger partial charge in [-0.05, 0) is 60.7 Å². The summed E-state index contributed by atoms with van der Waals surface area (Å²) < 4.78 is 27.5. The fraction of sp³-hybridized carbons (Fsp3) is 0.350. The topological polar surface area (TPSA) is 57.7 Å². The molecule has 28 heavy (non-hydrogen) atoms. The van der Waals surface area contributed by atoms with E-state index in [-0.39, 0.29) is 19.0 Å². The van der Waals surface area contributed by atoms with Crippen molar-refractivity contribution in [1.29, 1.82) is 0 Å². The molecule has 0 aromatic heterocycles. The van der Waals surface area contributed by atoms with Crippen LogP contribution in [-0.2, 0) is 22.9 Å². The molecule has 2 aromatic carbocycles. The molecule has 1 saturated heterocycles. The van der Waals surface area contributed by atoms with Crippen molar-refractivity contribution in [2.75, 3.05) is 26.2 Å². The van der Waals surface area contributed by atoms with Crippen LogP contribution in [-0.4, -0.2) is 49.7 Å². The van der Waals surface area contributed by atoms with Crippen molar-refractivity contribution in [3.63, 3.8) is 0 Å². The molecule has 0 bridgehead atoms. The van der Waals surface area contributed by atoms with Crippen LogP contribution in [0.2, 0.25) is 10.0 Å².